The number of halogens is 1. The lowest BCUT2D eigenvalue weighted by Gasteiger charge is -2.04. The fourth-order valence-electron chi connectivity index (χ4n) is 1.60. The van der Waals surface area contributed by atoms with Gasteiger partial charge in [0, 0.05) is 24.2 Å². The van der Waals surface area contributed by atoms with Gasteiger partial charge in [0.25, 0.3) is 5.56 Å². The minimum atomic E-state index is -0.0940. The lowest BCUT2D eigenvalue weighted by Crippen LogP contribution is -2.23. The molecule has 17 heavy (non-hydrogen) atoms. The maximum absolute atomic E-state index is 12.1. The molecule has 0 spiro atoms. The minimum Gasteiger partial charge on any atom is -0.472 e. The normalized spacial score (nSPS) is 10.6. The lowest BCUT2D eigenvalue weighted by molar-refractivity contribution is 0.544. The highest BCUT2D eigenvalue weighted by Gasteiger charge is 2.07. The summed E-state index contributed by atoms with van der Waals surface area (Å²) in [5.41, 5.74) is 1.30. The first-order valence-electron chi connectivity index (χ1n) is 5.47. The highest BCUT2D eigenvalue weighted by atomic mass is 35.5. The average molecular weight is 253 g/mol. The summed E-state index contributed by atoms with van der Waals surface area (Å²) in [7, 11) is 0. The Morgan fingerprint density at radius 3 is 2.94 bits per heavy atom. The van der Waals surface area contributed by atoms with Crippen molar-refractivity contribution in [1.82, 2.24) is 9.78 Å². The molecule has 0 saturated carbocycles. The molecule has 0 fully saturated rings. The van der Waals surface area contributed by atoms with Crippen LogP contribution in [0.4, 0.5) is 0 Å². The third-order valence-corrected chi connectivity index (χ3v) is 2.77. The summed E-state index contributed by atoms with van der Waals surface area (Å²) in [5.74, 6) is 0.607. The van der Waals surface area contributed by atoms with Gasteiger partial charge in [0.2, 0.25) is 0 Å². The molecule has 0 saturated heterocycles. The quantitative estimate of drug-likeness (QED) is 0.607. The molecule has 0 bridgehead atoms. The van der Waals surface area contributed by atoms with Crippen molar-refractivity contribution in [2.24, 2.45) is 0 Å². The Morgan fingerprint density at radius 1 is 1.35 bits per heavy atom. The van der Waals surface area contributed by atoms with Crippen molar-refractivity contribution >= 4 is 11.6 Å². The first kappa shape index (κ1) is 11.9. The maximum Gasteiger partial charge on any atom is 0.274 e. The van der Waals surface area contributed by atoms with E-state index in [4.69, 9.17) is 16.0 Å². The van der Waals surface area contributed by atoms with Crippen LogP contribution >= 0.6 is 11.6 Å². The van der Waals surface area contributed by atoms with Crippen LogP contribution in [0.2, 0.25) is 0 Å². The van der Waals surface area contributed by atoms with Crippen LogP contribution in [0.25, 0.3) is 11.1 Å². The van der Waals surface area contributed by atoms with Crippen LogP contribution in [-0.2, 0) is 6.54 Å². The van der Waals surface area contributed by atoms with Crippen molar-refractivity contribution in [2.75, 3.05) is 5.88 Å². The molecule has 2 rings (SSSR count). The molecule has 2 aromatic rings. The van der Waals surface area contributed by atoms with Crippen molar-refractivity contribution in [1.29, 1.82) is 0 Å². The van der Waals surface area contributed by atoms with Gasteiger partial charge in [0.05, 0.1) is 18.1 Å². The van der Waals surface area contributed by atoms with Gasteiger partial charge in [-0.3, -0.25) is 4.79 Å². The van der Waals surface area contributed by atoms with Crippen LogP contribution in [-0.4, -0.2) is 15.7 Å². The van der Waals surface area contributed by atoms with E-state index in [9.17, 15) is 4.79 Å². The van der Waals surface area contributed by atoms with Gasteiger partial charge in [0.15, 0.2) is 0 Å². The van der Waals surface area contributed by atoms with Gasteiger partial charge in [-0.25, -0.2) is 4.68 Å². The summed E-state index contributed by atoms with van der Waals surface area (Å²) in [6.45, 7) is 0.594. The van der Waals surface area contributed by atoms with Crippen molar-refractivity contribution in [3.63, 3.8) is 0 Å². The van der Waals surface area contributed by atoms with Crippen molar-refractivity contribution < 1.29 is 4.42 Å². The highest BCUT2D eigenvalue weighted by Crippen LogP contribution is 2.14. The van der Waals surface area contributed by atoms with Crippen LogP contribution in [0, 0.1) is 0 Å². The Hall–Kier alpha value is -1.55. The van der Waals surface area contributed by atoms with Gasteiger partial charge in [-0.2, -0.15) is 5.10 Å². The van der Waals surface area contributed by atoms with Crippen LogP contribution in [0.15, 0.2) is 40.1 Å². The predicted molar refractivity (Wildman–Crippen MR) is 66.2 cm³/mol. The van der Waals surface area contributed by atoms with E-state index in [2.05, 4.69) is 5.10 Å². The molecule has 0 aromatic carbocycles. The van der Waals surface area contributed by atoms with Gasteiger partial charge >= 0.3 is 0 Å². The Kier molecular flexibility index (Phi) is 3.98. The summed E-state index contributed by atoms with van der Waals surface area (Å²) in [6.07, 6.45) is 6.47. The molecule has 5 heteroatoms. The fourth-order valence-corrected chi connectivity index (χ4v) is 1.79. The molecular weight excluding hydrogens is 240 g/mol. The molecule has 2 aromatic heterocycles. The molecule has 0 aliphatic heterocycles. The summed E-state index contributed by atoms with van der Waals surface area (Å²) >= 11 is 5.60. The molecule has 0 aliphatic carbocycles. The average Bonchev–Trinajstić information content (AvgIpc) is 2.85. The second-order valence-electron chi connectivity index (χ2n) is 3.68. The summed E-state index contributed by atoms with van der Waals surface area (Å²) in [5, 5.41) is 4.05. The first-order chi connectivity index (χ1) is 8.33. The zero-order chi connectivity index (χ0) is 12.1. The molecule has 0 atom stereocenters. The van der Waals surface area contributed by atoms with E-state index in [0.29, 0.717) is 18.0 Å². The number of alkyl halides is 1. The number of hydrogen-bond donors (Lipinski definition) is 0. The van der Waals surface area contributed by atoms with E-state index in [1.54, 1.807) is 30.9 Å². The lowest BCUT2D eigenvalue weighted by atomic mass is 10.2. The van der Waals surface area contributed by atoms with Gasteiger partial charge in [0.1, 0.15) is 0 Å². The number of hydrogen-bond acceptors (Lipinski definition) is 3. The second-order valence-corrected chi connectivity index (χ2v) is 4.06. The summed E-state index contributed by atoms with van der Waals surface area (Å²) in [6, 6.07) is 3.46. The van der Waals surface area contributed by atoms with Gasteiger partial charge in [-0.15, -0.1) is 11.6 Å². The molecule has 0 radical (unpaired) electrons. The van der Waals surface area contributed by atoms with Crippen LogP contribution in [0.1, 0.15) is 12.8 Å². The Bertz CT molecular complexity index is 520. The molecular formula is C12H13ClN2O2. The summed E-state index contributed by atoms with van der Waals surface area (Å²) in [4.78, 5) is 12.1. The molecule has 0 unspecified atom stereocenters. The SMILES string of the molecule is O=c1c(-c2ccoc2)ccnn1CCCCCl. The molecule has 0 amide bonds. The van der Waals surface area contributed by atoms with Gasteiger partial charge < -0.3 is 4.42 Å². The monoisotopic (exact) mass is 252 g/mol. The van der Waals surface area contributed by atoms with Crippen LogP contribution < -0.4 is 5.56 Å². The predicted octanol–water partition coefficient (Wildman–Crippen LogP) is 2.52. The number of aromatic nitrogens is 2. The number of furan rings is 1. The molecule has 90 valence electrons. The Morgan fingerprint density at radius 2 is 2.24 bits per heavy atom. The van der Waals surface area contributed by atoms with Crippen molar-refractivity contribution in [3.8, 4) is 11.1 Å². The second kappa shape index (κ2) is 5.68. The molecule has 0 N–H and O–H groups in total. The minimum absolute atomic E-state index is 0.0940. The first-order valence-corrected chi connectivity index (χ1v) is 6.01. The third-order valence-electron chi connectivity index (χ3n) is 2.50. The third kappa shape index (κ3) is 2.77. The number of rotatable bonds is 5. The van der Waals surface area contributed by atoms with Gasteiger partial charge in [-0.1, -0.05) is 0 Å². The molecule has 0 aliphatic rings. The number of nitrogens with zero attached hydrogens (tertiary/aromatic N) is 2. The zero-order valence-electron chi connectivity index (χ0n) is 9.30. The Labute approximate surface area is 104 Å². The zero-order valence-corrected chi connectivity index (χ0v) is 10.1. The van der Waals surface area contributed by atoms with E-state index in [1.165, 1.54) is 4.68 Å². The topological polar surface area (TPSA) is 48.0 Å². The summed E-state index contributed by atoms with van der Waals surface area (Å²) < 4.78 is 6.44. The number of aryl methyl sites for hydroxylation is 1. The smallest absolute Gasteiger partial charge is 0.274 e. The van der Waals surface area contributed by atoms with E-state index in [0.717, 1.165) is 18.4 Å². The van der Waals surface area contributed by atoms with Crippen LogP contribution in [0.5, 0.6) is 0 Å². The Balaban J connectivity index is 2.25. The number of unbranched alkanes of at least 4 members (excludes halogenated alkanes) is 1. The van der Waals surface area contributed by atoms with E-state index >= 15 is 0 Å². The highest BCUT2D eigenvalue weighted by molar-refractivity contribution is 6.17. The molecule has 2 heterocycles. The van der Waals surface area contributed by atoms with Gasteiger partial charge in [-0.05, 0) is 25.0 Å². The molecule has 4 nitrogen and oxygen atoms in total. The maximum atomic E-state index is 12.1. The van der Waals surface area contributed by atoms with E-state index in [-0.39, 0.29) is 5.56 Å². The van der Waals surface area contributed by atoms with Crippen molar-refractivity contribution in [2.45, 2.75) is 19.4 Å². The van der Waals surface area contributed by atoms with Crippen molar-refractivity contribution in [3.05, 3.63) is 41.2 Å². The fraction of sp³-hybridized carbons (Fsp3) is 0.333. The van der Waals surface area contributed by atoms with E-state index < -0.39 is 0 Å². The van der Waals surface area contributed by atoms with Crippen LogP contribution in [0.3, 0.4) is 0 Å². The standard InChI is InChI=1S/C12H13ClN2O2/c13-5-1-2-7-15-12(16)11(3-6-14-15)10-4-8-17-9-10/h3-4,6,8-9H,1-2,5,7H2. The largest absolute Gasteiger partial charge is 0.472 e. The van der Waals surface area contributed by atoms with E-state index in [1.807, 2.05) is 0 Å².